The van der Waals surface area contributed by atoms with Gasteiger partial charge in [-0.05, 0) is 77.4 Å². The number of hydrogen-bond donors (Lipinski definition) is 0. The summed E-state index contributed by atoms with van der Waals surface area (Å²) in [5.41, 5.74) is 7.65. The van der Waals surface area contributed by atoms with E-state index in [4.69, 9.17) is 32.5 Å². The van der Waals surface area contributed by atoms with Gasteiger partial charge < -0.3 is 14.0 Å². The lowest BCUT2D eigenvalue weighted by molar-refractivity contribution is -2.00. The first-order chi connectivity index (χ1) is 21.6. The van der Waals surface area contributed by atoms with Crippen LogP contribution in [0.4, 0.5) is 0 Å². The highest BCUT2D eigenvalue weighted by Gasteiger charge is 2.21. The molecular weight excluding hydrogens is 594 g/mol. The SMILES string of the molecule is COc1ccc(-c2cc(/C=C(\c3ccccc3)c3cn(C)c4ccccc34)cc(-c3ccc(OC)cc3)[o+]2)cc1.[O-][Cl+3]([O-])([O-])[O-]. The van der Waals surface area contributed by atoms with Crippen LogP contribution < -0.4 is 28.1 Å². The summed E-state index contributed by atoms with van der Waals surface area (Å²) < 4.78 is 53.4. The van der Waals surface area contributed by atoms with Crippen LogP contribution in [0.1, 0.15) is 16.7 Å². The summed E-state index contributed by atoms with van der Waals surface area (Å²) >= 11 is 0. The van der Waals surface area contributed by atoms with Gasteiger partial charge in [0.2, 0.25) is 0 Å². The monoisotopic (exact) mass is 623 g/mol. The Balaban J connectivity index is 0.000000743. The zero-order valence-electron chi connectivity index (χ0n) is 24.8. The summed E-state index contributed by atoms with van der Waals surface area (Å²) in [7, 11) is 0.495. The van der Waals surface area contributed by atoms with Gasteiger partial charge in [-0.25, -0.2) is 23.1 Å². The fraction of sp³-hybridized carbons (Fsp3) is 0.0833. The first-order valence-corrected chi connectivity index (χ1v) is 15.1. The van der Waals surface area contributed by atoms with Crippen molar-refractivity contribution in [1.82, 2.24) is 4.57 Å². The molecule has 0 saturated heterocycles. The highest BCUT2D eigenvalue weighted by atomic mass is 35.7. The highest BCUT2D eigenvalue weighted by Crippen LogP contribution is 2.36. The van der Waals surface area contributed by atoms with Crippen molar-refractivity contribution in [3.8, 4) is 34.1 Å². The van der Waals surface area contributed by atoms with E-state index in [9.17, 15) is 0 Å². The zero-order valence-corrected chi connectivity index (χ0v) is 25.6. The molecule has 0 spiro atoms. The van der Waals surface area contributed by atoms with Crippen molar-refractivity contribution in [2.75, 3.05) is 14.2 Å². The van der Waals surface area contributed by atoms with Crippen molar-refractivity contribution in [2.24, 2.45) is 7.05 Å². The number of benzene rings is 4. The van der Waals surface area contributed by atoms with Crippen LogP contribution in [0.25, 0.3) is 45.2 Å². The number of ether oxygens (including phenoxy) is 2. The largest absolute Gasteiger partial charge is 0.497 e. The van der Waals surface area contributed by atoms with Gasteiger partial charge in [0.15, 0.2) is 0 Å². The normalized spacial score (nSPS) is 11.6. The van der Waals surface area contributed by atoms with Crippen molar-refractivity contribution < 1.29 is 42.8 Å². The number of nitrogens with zero attached hydrogens (tertiary/aromatic N) is 1. The summed E-state index contributed by atoms with van der Waals surface area (Å²) in [6.45, 7) is 0. The summed E-state index contributed by atoms with van der Waals surface area (Å²) in [4.78, 5) is 0. The lowest BCUT2D eigenvalue weighted by Gasteiger charge is -2.17. The number of para-hydroxylation sites is 1. The molecule has 9 heteroatoms. The molecule has 2 heterocycles. The second-order valence-corrected chi connectivity index (χ2v) is 10.8. The van der Waals surface area contributed by atoms with E-state index in [-0.39, 0.29) is 0 Å². The van der Waals surface area contributed by atoms with Crippen LogP contribution in [-0.4, -0.2) is 18.8 Å². The Morgan fingerprint density at radius 3 is 1.69 bits per heavy atom. The molecule has 45 heavy (non-hydrogen) atoms. The Labute approximate surface area is 263 Å². The Bertz CT molecular complexity index is 1840. The van der Waals surface area contributed by atoms with Crippen molar-refractivity contribution in [3.05, 3.63) is 138 Å². The maximum atomic E-state index is 8.49. The molecule has 0 amide bonds. The van der Waals surface area contributed by atoms with E-state index in [0.717, 1.165) is 50.8 Å². The Kier molecular flexibility index (Phi) is 9.63. The van der Waals surface area contributed by atoms with E-state index in [1.807, 2.05) is 48.5 Å². The summed E-state index contributed by atoms with van der Waals surface area (Å²) in [6.07, 6.45) is 4.47. The van der Waals surface area contributed by atoms with E-state index in [2.05, 4.69) is 90.6 Å². The molecule has 0 aliphatic rings. The molecule has 6 rings (SSSR count). The van der Waals surface area contributed by atoms with Crippen LogP contribution in [0.15, 0.2) is 126 Å². The lowest BCUT2D eigenvalue weighted by atomic mass is 9.95. The number of fused-ring (bicyclic) bond motifs is 1. The number of halogens is 1. The van der Waals surface area contributed by atoms with Crippen LogP contribution in [0, 0.1) is 10.2 Å². The average molecular weight is 624 g/mol. The zero-order chi connectivity index (χ0) is 32.0. The molecule has 4 aromatic carbocycles. The third kappa shape index (κ3) is 7.96. The number of rotatable bonds is 7. The summed E-state index contributed by atoms with van der Waals surface area (Å²) in [6, 6.07) is 39.1. The van der Waals surface area contributed by atoms with Crippen LogP contribution >= 0.6 is 0 Å². The van der Waals surface area contributed by atoms with Crippen molar-refractivity contribution in [2.45, 2.75) is 0 Å². The van der Waals surface area contributed by atoms with E-state index in [1.165, 1.54) is 16.5 Å². The van der Waals surface area contributed by atoms with Gasteiger partial charge in [0.25, 0.3) is 0 Å². The van der Waals surface area contributed by atoms with Gasteiger partial charge in [-0.1, -0.05) is 48.5 Å². The molecule has 0 saturated carbocycles. The molecule has 0 aliphatic carbocycles. The van der Waals surface area contributed by atoms with Crippen LogP contribution in [0.2, 0.25) is 0 Å². The first kappa shape index (κ1) is 31.5. The number of aryl methyl sites for hydroxylation is 1. The second kappa shape index (κ2) is 13.8. The maximum absolute atomic E-state index is 8.49. The predicted octanol–water partition coefficient (Wildman–Crippen LogP) is 4.24. The van der Waals surface area contributed by atoms with Gasteiger partial charge in [0.1, 0.15) is 11.5 Å². The van der Waals surface area contributed by atoms with Crippen LogP contribution in [0.5, 0.6) is 11.5 Å². The minimum atomic E-state index is -4.94. The molecule has 2 aromatic heterocycles. The van der Waals surface area contributed by atoms with Crippen LogP contribution in [0.3, 0.4) is 0 Å². The van der Waals surface area contributed by atoms with Crippen molar-refractivity contribution in [3.63, 3.8) is 0 Å². The van der Waals surface area contributed by atoms with E-state index >= 15 is 0 Å². The molecular formula is C36H30ClNO7. The van der Waals surface area contributed by atoms with Gasteiger partial charge in [-0.3, -0.25) is 0 Å². The summed E-state index contributed by atoms with van der Waals surface area (Å²) in [5.74, 6) is 3.15. The third-order valence-electron chi connectivity index (χ3n) is 7.15. The van der Waals surface area contributed by atoms with E-state index in [0.29, 0.717) is 0 Å². The molecule has 0 atom stereocenters. The first-order valence-electron chi connectivity index (χ1n) is 13.8. The smallest absolute Gasteiger partial charge is 0.361 e. The van der Waals surface area contributed by atoms with Gasteiger partial charge in [-0.15, -0.1) is 10.2 Å². The standard InChI is InChI=1S/C36H30NO3.ClHO4/c1-37-24-33(31-11-7-8-12-34(31)37)32(26-9-5-4-6-10-26)21-25-22-35(27-13-17-29(38-2)18-14-27)40-36(23-25)28-15-19-30(39-3)20-16-28;2-1(3,4)5/h4-24H,1-3H3;(H,2,3,4,5)/q+1;/p-1/b32-21+;. The van der Waals surface area contributed by atoms with Gasteiger partial charge >= 0.3 is 11.5 Å². The molecule has 6 aromatic rings. The molecule has 8 nitrogen and oxygen atoms in total. The quantitative estimate of drug-likeness (QED) is 0.244. The van der Waals surface area contributed by atoms with Crippen molar-refractivity contribution in [1.29, 1.82) is 0 Å². The Morgan fingerprint density at radius 1 is 0.689 bits per heavy atom. The fourth-order valence-electron chi connectivity index (χ4n) is 5.06. The van der Waals surface area contributed by atoms with E-state index < -0.39 is 10.2 Å². The number of methoxy groups -OCH3 is 2. The lowest BCUT2D eigenvalue weighted by Crippen LogP contribution is -2.68. The molecule has 0 unspecified atom stereocenters. The van der Waals surface area contributed by atoms with Crippen LogP contribution in [-0.2, 0) is 7.05 Å². The molecule has 228 valence electrons. The number of aromatic nitrogens is 1. The summed E-state index contributed by atoms with van der Waals surface area (Å²) in [5, 5.41) is 1.21. The second-order valence-electron chi connectivity index (χ2n) is 10.0. The minimum absolute atomic E-state index is 0.771. The fourth-order valence-corrected chi connectivity index (χ4v) is 5.06. The third-order valence-corrected chi connectivity index (χ3v) is 7.15. The Hall–Kier alpha value is -4.96. The highest BCUT2D eigenvalue weighted by molar-refractivity contribution is 6.02. The van der Waals surface area contributed by atoms with Gasteiger partial charge in [0, 0.05) is 29.7 Å². The Morgan fingerprint density at radius 2 is 1.18 bits per heavy atom. The predicted molar refractivity (Wildman–Crippen MR) is 163 cm³/mol. The van der Waals surface area contributed by atoms with Gasteiger partial charge in [0.05, 0.1) is 37.5 Å². The molecule has 0 fully saturated rings. The molecule has 0 radical (unpaired) electrons. The molecule has 0 aliphatic heterocycles. The van der Waals surface area contributed by atoms with Crippen molar-refractivity contribution >= 4 is 22.6 Å². The van der Waals surface area contributed by atoms with Gasteiger partial charge in [-0.2, -0.15) is 0 Å². The molecule has 0 bridgehead atoms. The maximum Gasteiger partial charge on any atom is 0.361 e. The number of hydrogen-bond acceptors (Lipinski definition) is 6. The molecule has 0 N–H and O–H groups in total. The topological polar surface area (TPSA) is 127 Å². The van der Waals surface area contributed by atoms with E-state index in [1.54, 1.807) is 14.2 Å². The minimum Gasteiger partial charge on any atom is -0.497 e. The average Bonchev–Trinajstić information content (AvgIpc) is 3.39.